The lowest BCUT2D eigenvalue weighted by Crippen LogP contribution is -2.36. The molecule has 0 bridgehead atoms. The Kier molecular flexibility index (Phi) is 7.87. The molecular formula is C15H31NO. The lowest BCUT2D eigenvalue weighted by atomic mass is 9.92. The van der Waals surface area contributed by atoms with Crippen LogP contribution in [0, 0.1) is 11.8 Å². The van der Waals surface area contributed by atoms with Crippen LogP contribution in [0.1, 0.15) is 58.8 Å². The Bertz CT molecular complexity index is 184. The molecule has 1 aliphatic carbocycles. The third kappa shape index (κ3) is 5.39. The van der Waals surface area contributed by atoms with Gasteiger partial charge in [-0.05, 0) is 50.5 Å². The third-order valence-corrected chi connectivity index (χ3v) is 4.25. The molecule has 0 saturated heterocycles. The van der Waals surface area contributed by atoms with Gasteiger partial charge in [0.15, 0.2) is 0 Å². The topological polar surface area (TPSA) is 21.3 Å². The van der Waals surface area contributed by atoms with Crippen molar-refractivity contribution in [1.82, 2.24) is 5.32 Å². The molecule has 0 aromatic heterocycles. The minimum Gasteiger partial charge on any atom is -0.385 e. The predicted molar refractivity (Wildman–Crippen MR) is 74.3 cm³/mol. The maximum atomic E-state index is 5.17. The van der Waals surface area contributed by atoms with Crippen LogP contribution in [0.15, 0.2) is 0 Å². The second kappa shape index (κ2) is 8.93. The summed E-state index contributed by atoms with van der Waals surface area (Å²) >= 11 is 0. The van der Waals surface area contributed by atoms with E-state index in [0.717, 1.165) is 24.5 Å². The molecular weight excluding hydrogens is 210 g/mol. The molecule has 1 fully saturated rings. The normalized spacial score (nSPS) is 26.3. The Hall–Kier alpha value is -0.0800. The van der Waals surface area contributed by atoms with E-state index in [2.05, 4.69) is 19.2 Å². The highest BCUT2D eigenvalue weighted by Gasteiger charge is 2.29. The zero-order valence-electron chi connectivity index (χ0n) is 12.0. The van der Waals surface area contributed by atoms with Crippen LogP contribution < -0.4 is 5.32 Å². The van der Waals surface area contributed by atoms with E-state index in [-0.39, 0.29) is 0 Å². The molecule has 1 saturated carbocycles. The summed E-state index contributed by atoms with van der Waals surface area (Å²) in [5.41, 5.74) is 0. The molecule has 1 aliphatic rings. The van der Waals surface area contributed by atoms with E-state index in [9.17, 15) is 0 Å². The van der Waals surface area contributed by atoms with Crippen LogP contribution in [0.3, 0.4) is 0 Å². The number of methoxy groups -OCH3 is 1. The van der Waals surface area contributed by atoms with E-state index in [1.165, 1.54) is 51.5 Å². The quantitative estimate of drug-likeness (QED) is 0.623. The van der Waals surface area contributed by atoms with Crippen molar-refractivity contribution >= 4 is 0 Å². The predicted octanol–water partition coefficient (Wildman–Crippen LogP) is 3.61. The van der Waals surface area contributed by atoms with E-state index in [4.69, 9.17) is 4.74 Å². The first kappa shape index (κ1) is 15.0. The molecule has 102 valence electrons. The summed E-state index contributed by atoms with van der Waals surface area (Å²) in [5, 5.41) is 3.76. The van der Waals surface area contributed by atoms with Gasteiger partial charge < -0.3 is 10.1 Å². The SMILES string of the molecule is CCCNC(CCCOC)C1CCC(CC)C1. The number of rotatable bonds is 9. The second-order valence-corrected chi connectivity index (χ2v) is 5.54. The van der Waals surface area contributed by atoms with E-state index in [1.807, 2.05) is 0 Å². The summed E-state index contributed by atoms with van der Waals surface area (Å²) in [4.78, 5) is 0. The van der Waals surface area contributed by atoms with Gasteiger partial charge in [-0.15, -0.1) is 0 Å². The molecule has 1 rings (SSSR count). The smallest absolute Gasteiger partial charge is 0.0462 e. The zero-order valence-corrected chi connectivity index (χ0v) is 12.0. The monoisotopic (exact) mass is 241 g/mol. The van der Waals surface area contributed by atoms with Crippen molar-refractivity contribution < 1.29 is 4.74 Å². The average Bonchev–Trinajstić information content (AvgIpc) is 2.82. The van der Waals surface area contributed by atoms with Crippen LogP contribution in [-0.2, 0) is 4.74 Å². The summed E-state index contributed by atoms with van der Waals surface area (Å²) in [6.07, 6.45) is 9.44. The summed E-state index contributed by atoms with van der Waals surface area (Å²) in [6.45, 7) is 6.67. The highest BCUT2D eigenvalue weighted by Crippen LogP contribution is 2.36. The molecule has 2 heteroatoms. The van der Waals surface area contributed by atoms with E-state index in [1.54, 1.807) is 7.11 Å². The van der Waals surface area contributed by atoms with Crippen LogP contribution in [-0.4, -0.2) is 26.3 Å². The van der Waals surface area contributed by atoms with Crippen molar-refractivity contribution in [3.63, 3.8) is 0 Å². The molecule has 0 aliphatic heterocycles. The molecule has 0 aromatic rings. The molecule has 0 aromatic carbocycles. The average molecular weight is 241 g/mol. The van der Waals surface area contributed by atoms with Crippen molar-refractivity contribution in [2.75, 3.05) is 20.3 Å². The van der Waals surface area contributed by atoms with Gasteiger partial charge >= 0.3 is 0 Å². The molecule has 2 nitrogen and oxygen atoms in total. The van der Waals surface area contributed by atoms with Crippen LogP contribution >= 0.6 is 0 Å². The van der Waals surface area contributed by atoms with Gasteiger partial charge in [0.2, 0.25) is 0 Å². The maximum Gasteiger partial charge on any atom is 0.0462 e. The first-order chi connectivity index (χ1) is 8.31. The fourth-order valence-electron chi connectivity index (χ4n) is 3.13. The van der Waals surface area contributed by atoms with E-state index in [0.29, 0.717) is 0 Å². The second-order valence-electron chi connectivity index (χ2n) is 5.54. The number of hydrogen-bond acceptors (Lipinski definition) is 2. The molecule has 3 unspecified atom stereocenters. The zero-order chi connectivity index (χ0) is 12.5. The largest absolute Gasteiger partial charge is 0.385 e. The van der Waals surface area contributed by atoms with Crippen molar-refractivity contribution in [1.29, 1.82) is 0 Å². The molecule has 0 amide bonds. The molecule has 3 atom stereocenters. The Morgan fingerprint density at radius 1 is 1.29 bits per heavy atom. The third-order valence-electron chi connectivity index (χ3n) is 4.25. The van der Waals surface area contributed by atoms with Gasteiger partial charge in [-0.1, -0.05) is 26.7 Å². The summed E-state index contributed by atoms with van der Waals surface area (Å²) in [6, 6.07) is 0.738. The number of hydrogen-bond donors (Lipinski definition) is 1. The van der Waals surface area contributed by atoms with Crippen molar-refractivity contribution in [2.45, 2.75) is 64.8 Å². The number of ether oxygens (including phenoxy) is 1. The fraction of sp³-hybridized carbons (Fsp3) is 1.00. The van der Waals surface area contributed by atoms with E-state index >= 15 is 0 Å². The molecule has 0 heterocycles. The van der Waals surface area contributed by atoms with Crippen molar-refractivity contribution in [3.05, 3.63) is 0 Å². The minimum atomic E-state index is 0.738. The van der Waals surface area contributed by atoms with E-state index < -0.39 is 0 Å². The standard InChI is InChI=1S/C15H31NO/c1-4-10-16-15(7-6-11-17-3)14-9-8-13(5-2)12-14/h13-16H,4-12H2,1-3H3. The van der Waals surface area contributed by atoms with Gasteiger partial charge in [0.1, 0.15) is 0 Å². The van der Waals surface area contributed by atoms with Crippen molar-refractivity contribution in [3.8, 4) is 0 Å². The first-order valence-corrected chi connectivity index (χ1v) is 7.54. The van der Waals surface area contributed by atoms with Crippen LogP contribution in [0.5, 0.6) is 0 Å². The van der Waals surface area contributed by atoms with Gasteiger partial charge in [0.25, 0.3) is 0 Å². The summed E-state index contributed by atoms with van der Waals surface area (Å²) in [7, 11) is 1.80. The Balaban J connectivity index is 2.33. The van der Waals surface area contributed by atoms with Crippen LogP contribution in [0.25, 0.3) is 0 Å². The fourth-order valence-corrected chi connectivity index (χ4v) is 3.13. The highest BCUT2D eigenvalue weighted by atomic mass is 16.5. The van der Waals surface area contributed by atoms with Gasteiger partial charge in [0, 0.05) is 19.8 Å². The summed E-state index contributed by atoms with van der Waals surface area (Å²) < 4.78 is 5.17. The molecule has 0 spiro atoms. The number of nitrogens with one attached hydrogen (secondary N) is 1. The molecule has 1 N–H and O–H groups in total. The molecule has 17 heavy (non-hydrogen) atoms. The van der Waals surface area contributed by atoms with Gasteiger partial charge in [-0.3, -0.25) is 0 Å². The lowest BCUT2D eigenvalue weighted by Gasteiger charge is -2.25. The summed E-state index contributed by atoms with van der Waals surface area (Å²) in [5.74, 6) is 1.91. The van der Waals surface area contributed by atoms with Gasteiger partial charge in [-0.2, -0.15) is 0 Å². The Labute approximate surface area is 108 Å². The first-order valence-electron chi connectivity index (χ1n) is 7.54. The minimum absolute atomic E-state index is 0.738. The van der Waals surface area contributed by atoms with Crippen molar-refractivity contribution in [2.24, 2.45) is 11.8 Å². The van der Waals surface area contributed by atoms with Gasteiger partial charge in [0.05, 0.1) is 0 Å². The van der Waals surface area contributed by atoms with Crippen LogP contribution in [0.2, 0.25) is 0 Å². The Morgan fingerprint density at radius 2 is 2.12 bits per heavy atom. The Morgan fingerprint density at radius 3 is 2.71 bits per heavy atom. The maximum absolute atomic E-state index is 5.17. The van der Waals surface area contributed by atoms with Gasteiger partial charge in [-0.25, -0.2) is 0 Å². The highest BCUT2D eigenvalue weighted by molar-refractivity contribution is 4.84. The lowest BCUT2D eigenvalue weighted by molar-refractivity contribution is 0.183. The van der Waals surface area contributed by atoms with Crippen LogP contribution in [0.4, 0.5) is 0 Å². The molecule has 0 radical (unpaired) electrons.